The van der Waals surface area contributed by atoms with Crippen LogP contribution in [0.5, 0.6) is 0 Å². The first-order chi connectivity index (χ1) is 17.0. The van der Waals surface area contributed by atoms with Crippen LogP contribution in [0.25, 0.3) is 21.6 Å². The number of carbonyl (C=O) groups excluding carboxylic acids is 1. The fourth-order valence-corrected chi connectivity index (χ4v) is 4.87. The Labute approximate surface area is 206 Å². The van der Waals surface area contributed by atoms with Crippen molar-refractivity contribution in [2.45, 2.75) is 31.8 Å². The van der Waals surface area contributed by atoms with Crippen LogP contribution < -0.4 is 5.32 Å². The van der Waals surface area contributed by atoms with Gasteiger partial charge in [-0.2, -0.15) is 4.37 Å². The van der Waals surface area contributed by atoms with Crippen LogP contribution in [0.2, 0.25) is 0 Å². The highest BCUT2D eigenvalue weighted by Gasteiger charge is 2.51. The summed E-state index contributed by atoms with van der Waals surface area (Å²) in [5, 5.41) is 12.3. The molecule has 0 saturated heterocycles. The Morgan fingerprint density at radius 3 is 2.26 bits per heavy atom. The van der Waals surface area contributed by atoms with Crippen LogP contribution in [0.1, 0.15) is 29.8 Å². The summed E-state index contributed by atoms with van der Waals surface area (Å²) in [5.41, 5.74) is 5.13. The lowest BCUT2D eigenvalue weighted by atomic mass is 9.93. The fraction of sp³-hybridized carbons (Fsp3) is 0.185. The van der Waals surface area contributed by atoms with Gasteiger partial charge in [0.25, 0.3) is 0 Å². The highest BCUT2D eigenvalue weighted by Crippen LogP contribution is 2.48. The number of hydrogen-bond acceptors (Lipinski definition) is 6. The molecule has 1 aliphatic carbocycles. The molecule has 2 heterocycles. The minimum Gasteiger partial charge on any atom is -0.481 e. The highest BCUT2D eigenvalue weighted by molar-refractivity contribution is 7.10. The van der Waals surface area contributed by atoms with Crippen molar-refractivity contribution in [3.8, 4) is 21.6 Å². The van der Waals surface area contributed by atoms with Gasteiger partial charge in [-0.25, -0.2) is 4.79 Å². The number of anilines is 1. The van der Waals surface area contributed by atoms with Gasteiger partial charge in [0.2, 0.25) is 0 Å². The number of nitrogens with zero attached hydrogens (tertiary/aromatic N) is 2. The predicted octanol–water partition coefficient (Wildman–Crippen LogP) is 6.05. The zero-order chi connectivity index (χ0) is 24.4. The van der Waals surface area contributed by atoms with Crippen molar-refractivity contribution in [1.29, 1.82) is 0 Å². The standard InChI is InChI=1S/C27H23N3O4S/c1-17-23(29-26(33)34-16-22-4-2-3-15-28-22)24(35-30-17)20-7-5-18(6-8-20)19-9-11-21(12-10-19)27(13-14-27)25(31)32/h2-12,15H,13-14,16H2,1H3,(H,29,33)(H,31,32). The number of pyridine rings is 1. The average molecular weight is 486 g/mol. The van der Waals surface area contributed by atoms with Crippen LogP contribution in [-0.2, 0) is 21.6 Å². The number of hydrogen-bond donors (Lipinski definition) is 2. The molecule has 7 nitrogen and oxygen atoms in total. The molecule has 35 heavy (non-hydrogen) atoms. The van der Waals surface area contributed by atoms with Crippen LogP contribution >= 0.6 is 11.5 Å². The first-order valence-corrected chi connectivity index (χ1v) is 12.0. The van der Waals surface area contributed by atoms with E-state index in [0.717, 1.165) is 27.1 Å². The Bertz CT molecular complexity index is 1360. The van der Waals surface area contributed by atoms with E-state index in [1.54, 1.807) is 18.3 Å². The van der Waals surface area contributed by atoms with Gasteiger partial charge in [0.05, 0.1) is 27.4 Å². The number of aliphatic carboxylic acids is 1. The molecular weight excluding hydrogens is 462 g/mol. The van der Waals surface area contributed by atoms with Crippen molar-refractivity contribution in [1.82, 2.24) is 9.36 Å². The van der Waals surface area contributed by atoms with E-state index >= 15 is 0 Å². The SMILES string of the molecule is Cc1nsc(-c2ccc(-c3ccc(C4(C(=O)O)CC4)cc3)cc2)c1NC(=O)OCc1ccccn1. The summed E-state index contributed by atoms with van der Waals surface area (Å²) in [7, 11) is 0. The zero-order valence-corrected chi connectivity index (χ0v) is 19.8. The molecule has 1 amide bonds. The normalized spacial score (nSPS) is 13.7. The Balaban J connectivity index is 1.29. The molecule has 1 saturated carbocycles. The van der Waals surface area contributed by atoms with Gasteiger partial charge in [0, 0.05) is 6.20 Å². The van der Waals surface area contributed by atoms with Gasteiger partial charge in [-0.3, -0.25) is 15.1 Å². The monoisotopic (exact) mass is 485 g/mol. The molecule has 1 aliphatic rings. The second kappa shape index (κ2) is 9.31. The number of aryl methyl sites for hydroxylation is 1. The second-order valence-electron chi connectivity index (χ2n) is 8.54. The van der Waals surface area contributed by atoms with E-state index in [9.17, 15) is 14.7 Å². The van der Waals surface area contributed by atoms with Crippen LogP contribution in [0.3, 0.4) is 0 Å². The van der Waals surface area contributed by atoms with E-state index in [1.807, 2.05) is 61.5 Å². The van der Waals surface area contributed by atoms with Gasteiger partial charge < -0.3 is 9.84 Å². The minimum atomic E-state index is -0.750. The van der Waals surface area contributed by atoms with Gasteiger partial charge in [-0.05, 0) is 65.7 Å². The third-order valence-corrected chi connectivity index (χ3v) is 7.23. The van der Waals surface area contributed by atoms with E-state index in [-0.39, 0.29) is 6.61 Å². The molecule has 0 aliphatic heterocycles. The maximum atomic E-state index is 12.4. The Hall–Kier alpha value is -4.04. The van der Waals surface area contributed by atoms with Crippen molar-refractivity contribution < 1.29 is 19.4 Å². The molecule has 0 atom stereocenters. The quantitative estimate of drug-likeness (QED) is 0.331. The summed E-state index contributed by atoms with van der Waals surface area (Å²) >= 11 is 1.31. The molecule has 4 aromatic rings. The lowest BCUT2D eigenvalue weighted by Crippen LogP contribution is -2.19. The summed E-state index contributed by atoms with van der Waals surface area (Å²) in [6, 6.07) is 21.2. The Morgan fingerprint density at radius 2 is 1.66 bits per heavy atom. The zero-order valence-electron chi connectivity index (χ0n) is 19.0. The van der Waals surface area contributed by atoms with Crippen molar-refractivity contribution >= 4 is 29.3 Å². The van der Waals surface area contributed by atoms with Crippen molar-refractivity contribution in [2.24, 2.45) is 0 Å². The lowest BCUT2D eigenvalue weighted by molar-refractivity contribution is -0.140. The van der Waals surface area contributed by atoms with E-state index < -0.39 is 17.5 Å². The largest absolute Gasteiger partial charge is 0.481 e. The summed E-state index contributed by atoms with van der Waals surface area (Å²) in [6.45, 7) is 1.92. The third-order valence-electron chi connectivity index (χ3n) is 6.24. The molecule has 0 bridgehead atoms. The molecule has 2 aromatic heterocycles. The maximum absolute atomic E-state index is 12.4. The molecule has 176 valence electrons. The first-order valence-electron chi connectivity index (χ1n) is 11.2. The maximum Gasteiger partial charge on any atom is 0.412 e. The van der Waals surface area contributed by atoms with Gasteiger partial charge in [0.1, 0.15) is 6.61 Å². The molecule has 5 rings (SSSR count). The van der Waals surface area contributed by atoms with Crippen molar-refractivity contribution in [3.05, 3.63) is 89.9 Å². The number of carboxylic acids is 1. The second-order valence-corrected chi connectivity index (χ2v) is 9.31. The molecular formula is C27H23N3O4S. The van der Waals surface area contributed by atoms with E-state index in [0.29, 0.717) is 29.9 Å². The number of ether oxygens (including phenoxy) is 1. The third kappa shape index (κ3) is 4.65. The number of carboxylic acid groups (broad SMARTS) is 1. The fourth-order valence-electron chi connectivity index (χ4n) is 4.02. The minimum absolute atomic E-state index is 0.0830. The molecule has 0 unspecified atom stereocenters. The van der Waals surface area contributed by atoms with Gasteiger partial charge >= 0.3 is 12.1 Å². The summed E-state index contributed by atoms with van der Waals surface area (Å²) < 4.78 is 9.71. The number of nitrogens with one attached hydrogen (secondary N) is 1. The van der Waals surface area contributed by atoms with Gasteiger partial charge in [-0.15, -0.1) is 0 Å². The number of carbonyl (C=O) groups is 2. The average Bonchev–Trinajstić information content (AvgIpc) is 3.63. The number of rotatable bonds is 7. The van der Waals surface area contributed by atoms with Gasteiger partial charge in [-0.1, -0.05) is 54.6 Å². The highest BCUT2D eigenvalue weighted by atomic mass is 32.1. The smallest absolute Gasteiger partial charge is 0.412 e. The van der Waals surface area contributed by atoms with Crippen LogP contribution in [-0.4, -0.2) is 26.5 Å². The molecule has 2 N–H and O–H groups in total. The van der Waals surface area contributed by atoms with Crippen molar-refractivity contribution in [3.63, 3.8) is 0 Å². The van der Waals surface area contributed by atoms with E-state index in [1.165, 1.54) is 11.5 Å². The molecule has 8 heteroatoms. The predicted molar refractivity (Wildman–Crippen MR) is 134 cm³/mol. The molecule has 0 spiro atoms. The summed E-state index contributed by atoms with van der Waals surface area (Å²) in [4.78, 5) is 28.9. The lowest BCUT2D eigenvalue weighted by Gasteiger charge is -2.11. The van der Waals surface area contributed by atoms with Crippen LogP contribution in [0.15, 0.2) is 72.9 Å². The Morgan fingerprint density at radius 1 is 1.00 bits per heavy atom. The molecule has 2 aromatic carbocycles. The number of aromatic nitrogens is 2. The molecule has 0 radical (unpaired) electrons. The number of benzene rings is 2. The van der Waals surface area contributed by atoms with Crippen LogP contribution in [0, 0.1) is 6.92 Å². The summed E-state index contributed by atoms with van der Waals surface area (Å²) in [5.74, 6) is -0.750. The summed E-state index contributed by atoms with van der Waals surface area (Å²) in [6.07, 6.45) is 2.47. The van der Waals surface area contributed by atoms with E-state index in [4.69, 9.17) is 4.74 Å². The van der Waals surface area contributed by atoms with Crippen molar-refractivity contribution in [2.75, 3.05) is 5.32 Å². The Kier molecular flexibility index (Phi) is 6.05. The first kappa shape index (κ1) is 22.7. The molecule has 1 fully saturated rings. The number of amides is 1. The van der Waals surface area contributed by atoms with Crippen LogP contribution in [0.4, 0.5) is 10.5 Å². The van der Waals surface area contributed by atoms with E-state index in [2.05, 4.69) is 14.7 Å². The topological polar surface area (TPSA) is 101 Å². The van der Waals surface area contributed by atoms with Gasteiger partial charge in [0.15, 0.2) is 0 Å².